The fourth-order valence-electron chi connectivity index (χ4n) is 4.18. The standard InChI is InChI=1S/C23H26N2O3S/c1-2-3-4-5-6-9-15-12-20(26)25-19(23(27)28)14-29-22(25)21(15)17-13-24-18-11-8-7-10-16(17)18/h7-8,10-13,19,24H,2-6,9,14H2,1H3,(H,27,28). The molecule has 1 aliphatic heterocycles. The van der Waals surface area contributed by atoms with E-state index in [-0.39, 0.29) is 5.56 Å². The molecule has 2 aromatic heterocycles. The molecular weight excluding hydrogens is 384 g/mol. The number of pyridine rings is 1. The first-order valence-electron chi connectivity index (χ1n) is 10.3. The minimum absolute atomic E-state index is 0.204. The lowest BCUT2D eigenvalue weighted by atomic mass is 9.96. The van der Waals surface area contributed by atoms with Crippen molar-refractivity contribution in [1.29, 1.82) is 0 Å². The van der Waals surface area contributed by atoms with E-state index < -0.39 is 12.0 Å². The molecule has 3 aromatic rings. The summed E-state index contributed by atoms with van der Waals surface area (Å²) in [5, 5.41) is 11.5. The summed E-state index contributed by atoms with van der Waals surface area (Å²) in [6.45, 7) is 2.20. The van der Waals surface area contributed by atoms with E-state index in [1.807, 2.05) is 24.4 Å². The highest BCUT2D eigenvalue weighted by atomic mass is 32.2. The molecule has 1 atom stereocenters. The molecule has 1 aliphatic rings. The van der Waals surface area contributed by atoms with Gasteiger partial charge in [-0.3, -0.25) is 9.36 Å². The molecule has 0 saturated carbocycles. The second-order valence-electron chi connectivity index (χ2n) is 7.64. The van der Waals surface area contributed by atoms with Crippen LogP contribution in [-0.4, -0.2) is 26.4 Å². The van der Waals surface area contributed by atoms with Gasteiger partial charge in [-0.1, -0.05) is 50.8 Å². The number of benzene rings is 1. The number of para-hydroxylation sites is 1. The molecule has 0 bridgehead atoms. The normalized spacial score (nSPS) is 15.7. The van der Waals surface area contributed by atoms with Gasteiger partial charge in [0.2, 0.25) is 0 Å². The maximum atomic E-state index is 12.8. The number of unbranched alkanes of at least 4 members (excludes halogenated alkanes) is 4. The van der Waals surface area contributed by atoms with Crippen LogP contribution in [0.1, 0.15) is 50.6 Å². The zero-order valence-corrected chi connectivity index (χ0v) is 17.4. The van der Waals surface area contributed by atoms with Crippen LogP contribution in [0.2, 0.25) is 0 Å². The van der Waals surface area contributed by atoms with Gasteiger partial charge in [0.15, 0.2) is 0 Å². The number of carboxylic acid groups (broad SMARTS) is 1. The number of nitrogens with one attached hydrogen (secondary N) is 1. The van der Waals surface area contributed by atoms with Gasteiger partial charge < -0.3 is 10.1 Å². The van der Waals surface area contributed by atoms with Gasteiger partial charge in [-0.2, -0.15) is 0 Å². The third kappa shape index (κ3) is 3.73. The Bertz CT molecular complexity index is 1100. The minimum Gasteiger partial charge on any atom is -0.480 e. The van der Waals surface area contributed by atoms with Gasteiger partial charge in [0.1, 0.15) is 6.04 Å². The summed E-state index contributed by atoms with van der Waals surface area (Å²) < 4.78 is 1.48. The van der Waals surface area contributed by atoms with Crippen LogP contribution in [0.25, 0.3) is 22.0 Å². The first-order chi connectivity index (χ1) is 14.1. The Morgan fingerprint density at radius 2 is 2.03 bits per heavy atom. The largest absolute Gasteiger partial charge is 0.480 e. The maximum absolute atomic E-state index is 12.8. The average Bonchev–Trinajstić information content (AvgIpc) is 3.33. The zero-order valence-electron chi connectivity index (χ0n) is 16.6. The summed E-state index contributed by atoms with van der Waals surface area (Å²) >= 11 is 1.48. The van der Waals surface area contributed by atoms with Crippen molar-refractivity contribution in [3.8, 4) is 11.1 Å². The van der Waals surface area contributed by atoms with Gasteiger partial charge in [0.05, 0.1) is 5.03 Å². The molecule has 0 fully saturated rings. The van der Waals surface area contributed by atoms with Crippen molar-refractivity contribution in [2.24, 2.45) is 0 Å². The quantitative estimate of drug-likeness (QED) is 0.498. The van der Waals surface area contributed by atoms with Gasteiger partial charge in [0.25, 0.3) is 5.56 Å². The third-order valence-corrected chi connectivity index (χ3v) is 6.83. The van der Waals surface area contributed by atoms with Gasteiger partial charge in [-0.15, -0.1) is 11.8 Å². The Labute approximate surface area is 174 Å². The van der Waals surface area contributed by atoms with E-state index in [2.05, 4.69) is 18.0 Å². The summed E-state index contributed by atoms with van der Waals surface area (Å²) in [6, 6.07) is 8.97. The molecule has 0 aliphatic carbocycles. The second kappa shape index (κ2) is 8.49. The van der Waals surface area contributed by atoms with Crippen molar-refractivity contribution < 1.29 is 9.90 Å². The van der Waals surface area contributed by atoms with Crippen molar-refractivity contribution in [1.82, 2.24) is 9.55 Å². The fraction of sp³-hybridized carbons (Fsp3) is 0.391. The maximum Gasteiger partial charge on any atom is 0.327 e. The van der Waals surface area contributed by atoms with Crippen LogP contribution in [0, 0.1) is 0 Å². The van der Waals surface area contributed by atoms with Crippen LogP contribution in [0.3, 0.4) is 0 Å². The Morgan fingerprint density at radius 3 is 2.83 bits per heavy atom. The highest BCUT2D eigenvalue weighted by molar-refractivity contribution is 7.99. The Morgan fingerprint density at radius 1 is 1.24 bits per heavy atom. The summed E-state index contributed by atoms with van der Waals surface area (Å²) in [5.41, 5.74) is 3.93. The van der Waals surface area contributed by atoms with Crippen LogP contribution in [0.4, 0.5) is 0 Å². The monoisotopic (exact) mass is 410 g/mol. The van der Waals surface area contributed by atoms with Gasteiger partial charge in [0, 0.05) is 40.0 Å². The van der Waals surface area contributed by atoms with Gasteiger partial charge in [-0.05, 0) is 24.5 Å². The SMILES string of the molecule is CCCCCCCc1cc(=O)n2c(c1-c1c[nH]c3ccccc13)SCC2C(=O)O. The molecule has 6 heteroatoms. The smallest absolute Gasteiger partial charge is 0.327 e. The molecule has 0 spiro atoms. The Hall–Kier alpha value is -2.47. The number of thioether (sulfide) groups is 1. The number of carboxylic acids is 1. The predicted octanol–water partition coefficient (Wildman–Crippen LogP) is 5.24. The van der Waals surface area contributed by atoms with Crippen molar-refractivity contribution in [3.63, 3.8) is 0 Å². The molecule has 152 valence electrons. The highest BCUT2D eigenvalue weighted by Crippen LogP contribution is 2.43. The number of carbonyl (C=O) groups is 1. The van der Waals surface area contributed by atoms with Crippen LogP contribution in [-0.2, 0) is 11.2 Å². The number of hydrogen-bond donors (Lipinski definition) is 2. The zero-order chi connectivity index (χ0) is 20.4. The number of H-pyrrole nitrogens is 1. The van der Waals surface area contributed by atoms with Gasteiger partial charge >= 0.3 is 5.97 Å². The lowest BCUT2D eigenvalue weighted by Crippen LogP contribution is -2.29. The molecule has 0 amide bonds. The molecule has 5 nitrogen and oxygen atoms in total. The summed E-state index contributed by atoms with van der Waals surface area (Å²) in [6.07, 6.45) is 8.64. The van der Waals surface area contributed by atoms with Crippen molar-refractivity contribution in [2.45, 2.75) is 56.5 Å². The number of rotatable bonds is 8. The van der Waals surface area contributed by atoms with Crippen LogP contribution in [0.15, 0.2) is 46.3 Å². The summed E-state index contributed by atoms with van der Waals surface area (Å²) in [4.78, 5) is 27.9. The Balaban J connectivity index is 1.82. The second-order valence-corrected chi connectivity index (χ2v) is 8.64. The molecule has 2 N–H and O–H groups in total. The van der Waals surface area contributed by atoms with E-state index in [1.54, 1.807) is 6.07 Å². The lowest BCUT2D eigenvalue weighted by Gasteiger charge is -2.16. The third-order valence-electron chi connectivity index (χ3n) is 5.67. The van der Waals surface area contributed by atoms with E-state index in [1.165, 1.54) is 35.6 Å². The summed E-state index contributed by atoms with van der Waals surface area (Å²) in [7, 11) is 0. The van der Waals surface area contributed by atoms with Crippen molar-refractivity contribution in [3.05, 3.63) is 52.4 Å². The number of nitrogens with zero attached hydrogens (tertiary/aromatic N) is 1. The minimum atomic E-state index is -0.949. The first-order valence-corrected chi connectivity index (χ1v) is 11.3. The molecule has 0 saturated heterocycles. The van der Waals surface area contributed by atoms with Gasteiger partial charge in [-0.25, -0.2) is 4.79 Å². The number of aryl methyl sites for hydroxylation is 1. The first kappa shape index (κ1) is 19.8. The van der Waals surface area contributed by atoms with E-state index in [0.29, 0.717) is 5.75 Å². The molecule has 3 heterocycles. The molecule has 29 heavy (non-hydrogen) atoms. The number of aromatic nitrogens is 2. The van der Waals surface area contributed by atoms with Crippen LogP contribution >= 0.6 is 11.8 Å². The number of aliphatic carboxylic acids is 1. The Kier molecular flexibility index (Phi) is 5.81. The fourth-order valence-corrected chi connectivity index (χ4v) is 5.53. The molecule has 0 radical (unpaired) electrons. The topological polar surface area (TPSA) is 75.1 Å². The summed E-state index contributed by atoms with van der Waals surface area (Å²) in [5.74, 6) is -0.560. The van der Waals surface area contributed by atoms with E-state index in [4.69, 9.17) is 0 Å². The van der Waals surface area contributed by atoms with E-state index in [0.717, 1.165) is 51.9 Å². The van der Waals surface area contributed by atoms with E-state index in [9.17, 15) is 14.7 Å². The van der Waals surface area contributed by atoms with Crippen molar-refractivity contribution >= 4 is 28.6 Å². The molecule has 1 aromatic carbocycles. The highest BCUT2D eigenvalue weighted by Gasteiger charge is 2.33. The number of hydrogen-bond acceptors (Lipinski definition) is 3. The number of aromatic amines is 1. The lowest BCUT2D eigenvalue weighted by molar-refractivity contribution is -0.140. The van der Waals surface area contributed by atoms with Crippen LogP contribution in [0.5, 0.6) is 0 Å². The van der Waals surface area contributed by atoms with Crippen LogP contribution < -0.4 is 5.56 Å². The molecular formula is C23H26N2O3S. The number of fused-ring (bicyclic) bond motifs is 2. The molecule has 1 unspecified atom stereocenters. The van der Waals surface area contributed by atoms with Crippen molar-refractivity contribution in [2.75, 3.05) is 5.75 Å². The van der Waals surface area contributed by atoms with E-state index >= 15 is 0 Å². The molecule has 4 rings (SSSR count). The average molecular weight is 411 g/mol. The predicted molar refractivity (Wildman–Crippen MR) is 118 cm³/mol.